The fourth-order valence-corrected chi connectivity index (χ4v) is 2.54. The van der Waals surface area contributed by atoms with E-state index in [1.807, 2.05) is 37.3 Å². The van der Waals surface area contributed by atoms with Crippen LogP contribution in [0.15, 0.2) is 30.3 Å². The number of benzene rings is 1. The molecule has 0 radical (unpaired) electrons. The fraction of sp³-hybridized carbons (Fsp3) is 0.625. The maximum atomic E-state index is 5.66. The Morgan fingerprint density at radius 3 is 2.75 bits per heavy atom. The summed E-state index contributed by atoms with van der Waals surface area (Å²) in [5.74, 6) is 0.933. The normalized spacial score (nSPS) is 25.2. The van der Waals surface area contributed by atoms with E-state index in [1.54, 1.807) is 7.11 Å². The second kappa shape index (κ2) is 8.25. The van der Waals surface area contributed by atoms with E-state index in [1.165, 1.54) is 0 Å². The van der Waals surface area contributed by atoms with Gasteiger partial charge in [0.2, 0.25) is 0 Å². The molecule has 1 fully saturated rings. The molecule has 3 unspecified atom stereocenters. The van der Waals surface area contributed by atoms with Gasteiger partial charge in [-0.3, -0.25) is 0 Å². The largest absolute Gasteiger partial charge is 0.494 e. The van der Waals surface area contributed by atoms with Gasteiger partial charge in [-0.1, -0.05) is 18.2 Å². The van der Waals surface area contributed by atoms with Crippen molar-refractivity contribution >= 4 is 0 Å². The van der Waals surface area contributed by atoms with Gasteiger partial charge in [0, 0.05) is 19.8 Å². The zero-order valence-electron chi connectivity index (χ0n) is 12.4. The van der Waals surface area contributed by atoms with E-state index in [-0.39, 0.29) is 12.2 Å². The summed E-state index contributed by atoms with van der Waals surface area (Å²) >= 11 is 0. The molecule has 0 aliphatic heterocycles. The van der Waals surface area contributed by atoms with Crippen molar-refractivity contribution in [3.63, 3.8) is 0 Å². The Hall–Kier alpha value is -1.10. The molecule has 0 heterocycles. The monoisotopic (exact) mass is 279 g/mol. The molecule has 2 rings (SSSR count). The van der Waals surface area contributed by atoms with Gasteiger partial charge in [-0.15, -0.1) is 0 Å². The lowest BCUT2D eigenvalue weighted by Gasteiger charge is -2.43. The molecule has 1 aliphatic carbocycles. The van der Waals surface area contributed by atoms with E-state index >= 15 is 0 Å². The highest BCUT2D eigenvalue weighted by Gasteiger charge is 2.41. The van der Waals surface area contributed by atoms with Crippen molar-refractivity contribution in [3.05, 3.63) is 30.3 Å². The summed E-state index contributed by atoms with van der Waals surface area (Å²) in [5.41, 5.74) is 0. The summed E-state index contributed by atoms with van der Waals surface area (Å²) in [7, 11) is 1.75. The third-order valence-electron chi connectivity index (χ3n) is 3.64. The van der Waals surface area contributed by atoms with Crippen molar-refractivity contribution in [1.29, 1.82) is 0 Å². The third kappa shape index (κ3) is 4.20. The van der Waals surface area contributed by atoms with Crippen LogP contribution in [0.1, 0.15) is 19.8 Å². The van der Waals surface area contributed by atoms with Crippen molar-refractivity contribution in [3.8, 4) is 5.75 Å². The number of rotatable bonds is 9. The second-order valence-electron chi connectivity index (χ2n) is 5.01. The van der Waals surface area contributed by atoms with Crippen molar-refractivity contribution in [2.45, 2.75) is 38.0 Å². The number of methoxy groups -OCH3 is 1. The van der Waals surface area contributed by atoms with Gasteiger partial charge in [-0.05, 0) is 38.4 Å². The number of hydrogen-bond donors (Lipinski definition) is 1. The molecule has 0 aromatic heterocycles. The van der Waals surface area contributed by atoms with E-state index < -0.39 is 0 Å². The first-order chi connectivity index (χ1) is 9.85. The zero-order valence-corrected chi connectivity index (χ0v) is 12.4. The summed E-state index contributed by atoms with van der Waals surface area (Å²) in [6.45, 7) is 4.45. The lowest BCUT2D eigenvalue weighted by Crippen LogP contribution is -2.60. The molecule has 0 saturated heterocycles. The minimum absolute atomic E-state index is 0.185. The number of hydrogen-bond acceptors (Lipinski definition) is 4. The highest BCUT2D eigenvalue weighted by molar-refractivity contribution is 5.20. The Balaban J connectivity index is 1.55. The molecule has 112 valence electrons. The van der Waals surface area contributed by atoms with Crippen molar-refractivity contribution in [2.24, 2.45) is 0 Å². The Morgan fingerprint density at radius 1 is 1.25 bits per heavy atom. The van der Waals surface area contributed by atoms with Crippen LogP contribution in [0, 0.1) is 0 Å². The number of para-hydroxylation sites is 1. The third-order valence-corrected chi connectivity index (χ3v) is 3.64. The maximum Gasteiger partial charge on any atom is 0.119 e. The highest BCUT2D eigenvalue weighted by atomic mass is 16.5. The van der Waals surface area contributed by atoms with Crippen LogP contribution in [0.2, 0.25) is 0 Å². The standard InChI is InChI=1S/C16H25NO3/c1-3-19-15-12-14(16(15)18-2)17-10-7-11-20-13-8-5-4-6-9-13/h4-6,8-9,14-17H,3,7,10-12H2,1-2H3. The molecule has 1 N–H and O–H groups in total. The Morgan fingerprint density at radius 2 is 2.05 bits per heavy atom. The number of ether oxygens (including phenoxy) is 3. The van der Waals surface area contributed by atoms with Crippen LogP contribution in [0.5, 0.6) is 5.75 Å². The summed E-state index contributed by atoms with van der Waals surface area (Å²) in [6.07, 6.45) is 2.46. The molecular formula is C16H25NO3. The summed E-state index contributed by atoms with van der Waals surface area (Å²) in [5, 5.41) is 3.51. The average Bonchev–Trinajstić information content (AvgIpc) is 2.46. The van der Waals surface area contributed by atoms with Crippen LogP contribution in [0.25, 0.3) is 0 Å². The Bertz CT molecular complexity index is 371. The predicted molar refractivity (Wildman–Crippen MR) is 79.2 cm³/mol. The summed E-state index contributed by atoms with van der Waals surface area (Å²) < 4.78 is 16.7. The van der Waals surface area contributed by atoms with Crippen LogP contribution in [0.4, 0.5) is 0 Å². The van der Waals surface area contributed by atoms with Gasteiger partial charge in [0.25, 0.3) is 0 Å². The molecule has 0 spiro atoms. The van der Waals surface area contributed by atoms with Gasteiger partial charge in [0.1, 0.15) is 5.75 Å². The Kier molecular flexibility index (Phi) is 6.30. The van der Waals surface area contributed by atoms with Crippen LogP contribution in [-0.4, -0.2) is 45.1 Å². The molecule has 1 aliphatic rings. The minimum atomic E-state index is 0.185. The maximum absolute atomic E-state index is 5.66. The SMILES string of the molecule is CCOC1CC(NCCCOc2ccccc2)C1OC. The van der Waals surface area contributed by atoms with E-state index in [0.29, 0.717) is 6.04 Å². The molecular weight excluding hydrogens is 254 g/mol. The second-order valence-corrected chi connectivity index (χ2v) is 5.01. The topological polar surface area (TPSA) is 39.7 Å². The first kappa shape index (κ1) is 15.3. The summed E-state index contributed by atoms with van der Waals surface area (Å²) in [6, 6.07) is 10.3. The van der Waals surface area contributed by atoms with Gasteiger partial charge >= 0.3 is 0 Å². The molecule has 20 heavy (non-hydrogen) atoms. The van der Waals surface area contributed by atoms with E-state index in [9.17, 15) is 0 Å². The highest BCUT2D eigenvalue weighted by Crippen LogP contribution is 2.26. The zero-order chi connectivity index (χ0) is 14.2. The molecule has 0 amide bonds. The van der Waals surface area contributed by atoms with E-state index in [2.05, 4.69) is 5.32 Å². The van der Waals surface area contributed by atoms with Crippen LogP contribution >= 0.6 is 0 Å². The van der Waals surface area contributed by atoms with Gasteiger partial charge in [-0.25, -0.2) is 0 Å². The molecule has 1 saturated carbocycles. The van der Waals surface area contributed by atoms with Crippen LogP contribution in [0.3, 0.4) is 0 Å². The summed E-state index contributed by atoms with van der Waals surface area (Å²) in [4.78, 5) is 0. The number of nitrogens with one attached hydrogen (secondary N) is 1. The average molecular weight is 279 g/mol. The molecule has 4 heteroatoms. The van der Waals surface area contributed by atoms with Gasteiger partial charge in [0.15, 0.2) is 0 Å². The van der Waals surface area contributed by atoms with Crippen molar-refractivity contribution in [2.75, 3.05) is 26.9 Å². The lowest BCUT2D eigenvalue weighted by atomic mass is 9.85. The van der Waals surface area contributed by atoms with Crippen molar-refractivity contribution < 1.29 is 14.2 Å². The van der Waals surface area contributed by atoms with Gasteiger partial charge in [-0.2, -0.15) is 0 Å². The fourth-order valence-electron chi connectivity index (χ4n) is 2.54. The molecule has 3 atom stereocenters. The van der Waals surface area contributed by atoms with E-state index in [0.717, 1.165) is 38.3 Å². The quantitative estimate of drug-likeness (QED) is 0.704. The predicted octanol–water partition coefficient (Wildman–Crippen LogP) is 2.24. The van der Waals surface area contributed by atoms with Crippen LogP contribution in [-0.2, 0) is 9.47 Å². The molecule has 1 aromatic carbocycles. The minimum Gasteiger partial charge on any atom is -0.494 e. The van der Waals surface area contributed by atoms with Crippen LogP contribution < -0.4 is 10.1 Å². The first-order valence-corrected chi connectivity index (χ1v) is 7.40. The molecule has 1 aromatic rings. The lowest BCUT2D eigenvalue weighted by molar-refractivity contribution is -0.131. The van der Waals surface area contributed by atoms with Gasteiger partial charge in [0.05, 0.1) is 18.8 Å². The van der Waals surface area contributed by atoms with Gasteiger partial charge < -0.3 is 19.5 Å². The first-order valence-electron chi connectivity index (χ1n) is 7.40. The molecule has 0 bridgehead atoms. The Labute approximate surface area is 121 Å². The van der Waals surface area contributed by atoms with E-state index in [4.69, 9.17) is 14.2 Å². The molecule has 4 nitrogen and oxygen atoms in total. The smallest absolute Gasteiger partial charge is 0.119 e. The van der Waals surface area contributed by atoms with Crippen molar-refractivity contribution in [1.82, 2.24) is 5.32 Å².